The zero-order chi connectivity index (χ0) is 25.3. The molecule has 11 heteroatoms. The van der Waals surface area contributed by atoms with Crippen molar-refractivity contribution in [2.45, 2.75) is 13.0 Å². The number of aromatic nitrogens is 2. The minimum Gasteiger partial charge on any atom is -0.358 e. The lowest BCUT2D eigenvalue weighted by molar-refractivity contribution is -0.130. The van der Waals surface area contributed by atoms with Gasteiger partial charge in [0.05, 0.1) is 23.8 Å². The number of H-pyrrole nitrogens is 1. The van der Waals surface area contributed by atoms with Crippen molar-refractivity contribution in [2.75, 3.05) is 33.8 Å². The number of pyridine rings is 1. The summed E-state index contributed by atoms with van der Waals surface area (Å²) in [6.07, 6.45) is 1.34. The van der Waals surface area contributed by atoms with Gasteiger partial charge in [0.25, 0.3) is 23.5 Å². The fraction of sp³-hybridized carbons (Fsp3) is 0.292. The largest absolute Gasteiger partial charge is 0.358 e. The van der Waals surface area contributed by atoms with Crippen molar-refractivity contribution in [3.8, 4) is 0 Å². The fourth-order valence-corrected chi connectivity index (χ4v) is 4.31. The maximum atomic E-state index is 13.2. The van der Waals surface area contributed by atoms with Crippen LogP contribution < -0.4 is 0 Å². The summed E-state index contributed by atoms with van der Waals surface area (Å²) < 4.78 is 0. The summed E-state index contributed by atoms with van der Waals surface area (Å²) in [7, 11) is 2.78. The normalized spacial score (nSPS) is 15.8. The Morgan fingerprint density at radius 3 is 2.51 bits per heavy atom. The van der Waals surface area contributed by atoms with E-state index in [0.717, 1.165) is 5.06 Å². The Balaban J connectivity index is 1.55. The van der Waals surface area contributed by atoms with Crippen LogP contribution >= 0.6 is 11.6 Å². The van der Waals surface area contributed by atoms with Gasteiger partial charge < -0.3 is 14.8 Å². The molecule has 2 aromatic heterocycles. The molecule has 0 spiro atoms. The van der Waals surface area contributed by atoms with E-state index in [4.69, 9.17) is 16.4 Å². The molecule has 4 rings (SSSR count). The summed E-state index contributed by atoms with van der Waals surface area (Å²) in [6, 6.07) is 9.90. The molecule has 0 aliphatic carbocycles. The van der Waals surface area contributed by atoms with E-state index in [1.807, 2.05) is 6.07 Å². The van der Waals surface area contributed by atoms with Crippen molar-refractivity contribution in [2.24, 2.45) is 0 Å². The summed E-state index contributed by atoms with van der Waals surface area (Å²) in [4.78, 5) is 66.9. The molecule has 1 atom stereocenters. The van der Waals surface area contributed by atoms with Gasteiger partial charge in [0.2, 0.25) is 0 Å². The summed E-state index contributed by atoms with van der Waals surface area (Å²) in [5.41, 5.74) is 1.12. The molecule has 3 aromatic rings. The minimum atomic E-state index is -0.779. The van der Waals surface area contributed by atoms with Crippen LogP contribution in [0.2, 0.25) is 5.15 Å². The summed E-state index contributed by atoms with van der Waals surface area (Å²) in [5, 5.41) is 1.00. The second kappa shape index (κ2) is 9.85. The Kier molecular flexibility index (Phi) is 6.86. The van der Waals surface area contributed by atoms with Gasteiger partial charge in [-0.1, -0.05) is 29.8 Å². The van der Waals surface area contributed by atoms with E-state index in [1.165, 1.54) is 31.3 Å². The number of nitrogens with zero attached hydrogens (tertiary/aromatic N) is 4. The van der Waals surface area contributed by atoms with Crippen LogP contribution in [0, 0.1) is 0 Å². The van der Waals surface area contributed by atoms with E-state index >= 15 is 0 Å². The summed E-state index contributed by atoms with van der Waals surface area (Å²) >= 11 is 6.12. The zero-order valence-corrected chi connectivity index (χ0v) is 20.2. The third-order valence-electron chi connectivity index (χ3n) is 6.03. The van der Waals surface area contributed by atoms with E-state index in [2.05, 4.69) is 9.97 Å². The minimum absolute atomic E-state index is 0.00661. The number of carbonyl (C=O) groups is 4. The fourth-order valence-electron chi connectivity index (χ4n) is 4.11. The highest BCUT2D eigenvalue weighted by Gasteiger charge is 2.35. The maximum Gasteiger partial charge on any atom is 0.295 e. The van der Waals surface area contributed by atoms with Crippen LogP contribution in [0.4, 0.5) is 0 Å². The van der Waals surface area contributed by atoms with Crippen molar-refractivity contribution < 1.29 is 24.0 Å². The van der Waals surface area contributed by atoms with Gasteiger partial charge in [0.1, 0.15) is 10.7 Å². The molecular weight excluding hydrogens is 474 g/mol. The van der Waals surface area contributed by atoms with Crippen LogP contribution in [0.3, 0.4) is 0 Å². The number of benzene rings is 1. The number of hydrogen-bond acceptors (Lipinski definition) is 6. The molecule has 1 saturated heterocycles. The van der Waals surface area contributed by atoms with E-state index in [0.29, 0.717) is 18.7 Å². The molecule has 1 fully saturated rings. The highest BCUT2D eigenvalue weighted by molar-refractivity contribution is 6.45. The Morgan fingerprint density at radius 2 is 1.86 bits per heavy atom. The summed E-state index contributed by atoms with van der Waals surface area (Å²) in [6.45, 7) is 2.60. The van der Waals surface area contributed by atoms with E-state index < -0.39 is 17.6 Å². The Bertz CT molecular complexity index is 1310. The molecule has 1 aromatic carbocycles. The van der Waals surface area contributed by atoms with E-state index in [9.17, 15) is 19.2 Å². The van der Waals surface area contributed by atoms with Gasteiger partial charge in [-0.3, -0.25) is 24.0 Å². The number of amides is 3. The molecule has 1 aliphatic rings. The number of hydrogen-bond donors (Lipinski definition) is 1. The Labute approximate surface area is 206 Å². The molecule has 0 unspecified atom stereocenters. The molecule has 3 amide bonds. The molecule has 0 saturated carbocycles. The third-order valence-corrected chi connectivity index (χ3v) is 6.22. The molecule has 1 N–H and O–H groups in total. The molecule has 182 valence electrons. The molecule has 35 heavy (non-hydrogen) atoms. The molecule has 1 aliphatic heterocycles. The van der Waals surface area contributed by atoms with Crippen LogP contribution in [0.15, 0.2) is 42.6 Å². The number of hydroxylamine groups is 2. The number of carbonyl (C=O) groups excluding carboxylic acids is 4. The number of rotatable bonds is 5. The van der Waals surface area contributed by atoms with Gasteiger partial charge in [-0.15, -0.1) is 0 Å². The monoisotopic (exact) mass is 497 g/mol. The van der Waals surface area contributed by atoms with Crippen molar-refractivity contribution in [1.82, 2.24) is 24.8 Å². The van der Waals surface area contributed by atoms with Gasteiger partial charge in [-0.2, -0.15) is 0 Å². The van der Waals surface area contributed by atoms with Crippen LogP contribution in [-0.2, 0) is 9.63 Å². The van der Waals surface area contributed by atoms with Gasteiger partial charge in [-0.05, 0) is 25.1 Å². The lowest BCUT2D eigenvalue weighted by Gasteiger charge is -2.39. The Hall–Kier alpha value is -3.76. The number of nitrogens with one attached hydrogen (secondary N) is 1. The second-order valence-corrected chi connectivity index (χ2v) is 8.58. The van der Waals surface area contributed by atoms with Gasteiger partial charge in [-0.25, -0.2) is 10.0 Å². The zero-order valence-electron chi connectivity index (χ0n) is 19.4. The lowest BCUT2D eigenvalue weighted by Crippen LogP contribution is -2.56. The highest BCUT2D eigenvalue weighted by Crippen LogP contribution is 2.26. The standard InChI is InChI=1S/C24H24ClN5O5/c1-14-13-29(22(32)15-7-5-4-6-8-15)9-10-30(14)24(34)21(31)17-12-26-19-16(23(33)28(2)35-3)11-18(25)27-20(17)19/h4-8,11-12,14,26H,9-10,13H2,1-3H3/t14-/m0/s1. The van der Waals surface area contributed by atoms with Crippen molar-refractivity contribution in [3.63, 3.8) is 0 Å². The molecule has 3 heterocycles. The van der Waals surface area contributed by atoms with Crippen LogP contribution in [0.1, 0.15) is 38.0 Å². The Morgan fingerprint density at radius 1 is 1.14 bits per heavy atom. The maximum absolute atomic E-state index is 13.2. The number of ketones is 1. The van der Waals surface area contributed by atoms with Crippen molar-refractivity contribution in [3.05, 3.63) is 64.4 Å². The second-order valence-electron chi connectivity index (χ2n) is 8.20. The first-order valence-electron chi connectivity index (χ1n) is 10.9. The predicted molar refractivity (Wildman–Crippen MR) is 128 cm³/mol. The summed E-state index contributed by atoms with van der Waals surface area (Å²) in [5.74, 6) is -2.11. The number of Topliss-reactive ketones (excluding diaryl/α,β-unsaturated/α-hetero) is 1. The first kappa shape index (κ1) is 24.4. The number of fused-ring (bicyclic) bond motifs is 1. The average molecular weight is 498 g/mol. The lowest BCUT2D eigenvalue weighted by atomic mass is 10.1. The quantitative estimate of drug-likeness (QED) is 0.250. The molecule has 0 radical (unpaired) electrons. The topological polar surface area (TPSA) is 116 Å². The molecular formula is C24H24ClN5O5. The first-order chi connectivity index (χ1) is 16.7. The third kappa shape index (κ3) is 4.62. The first-order valence-corrected chi connectivity index (χ1v) is 11.3. The van der Waals surface area contributed by atoms with Crippen LogP contribution in [-0.4, -0.2) is 88.2 Å². The predicted octanol–water partition coefficient (Wildman–Crippen LogP) is 2.41. The number of halogens is 1. The van der Waals surface area contributed by atoms with Gasteiger partial charge in [0.15, 0.2) is 0 Å². The van der Waals surface area contributed by atoms with Crippen LogP contribution in [0.25, 0.3) is 11.0 Å². The van der Waals surface area contributed by atoms with Crippen LogP contribution in [0.5, 0.6) is 0 Å². The van der Waals surface area contributed by atoms with E-state index in [-0.39, 0.29) is 45.8 Å². The molecule has 10 nitrogen and oxygen atoms in total. The van der Waals surface area contributed by atoms with Crippen molar-refractivity contribution >= 4 is 46.1 Å². The average Bonchev–Trinajstić information content (AvgIpc) is 3.30. The molecule has 0 bridgehead atoms. The number of piperazine rings is 1. The highest BCUT2D eigenvalue weighted by atomic mass is 35.5. The number of aromatic amines is 1. The van der Waals surface area contributed by atoms with E-state index in [1.54, 1.807) is 36.1 Å². The SMILES string of the molecule is CON(C)C(=O)c1cc(Cl)nc2c(C(=O)C(=O)N3CCN(C(=O)c4ccccc4)C[C@@H]3C)c[nH]c12. The smallest absolute Gasteiger partial charge is 0.295 e. The van der Waals surface area contributed by atoms with Gasteiger partial charge in [0, 0.05) is 44.5 Å². The van der Waals surface area contributed by atoms with Crippen molar-refractivity contribution in [1.29, 1.82) is 0 Å². The van der Waals surface area contributed by atoms with Gasteiger partial charge >= 0.3 is 0 Å².